The summed E-state index contributed by atoms with van der Waals surface area (Å²) in [5.74, 6) is 0.866. The number of ether oxygens (including phenoxy) is 2. The van der Waals surface area contributed by atoms with Crippen LogP contribution in [0.25, 0.3) is 0 Å². The molecule has 0 bridgehead atoms. The Kier molecular flexibility index (Phi) is 5.89. The van der Waals surface area contributed by atoms with Crippen LogP contribution in [0.1, 0.15) is 28.9 Å². The zero-order chi connectivity index (χ0) is 21.8. The van der Waals surface area contributed by atoms with E-state index < -0.39 is 6.10 Å². The zero-order valence-electron chi connectivity index (χ0n) is 17.4. The van der Waals surface area contributed by atoms with Gasteiger partial charge in [0.2, 0.25) is 6.10 Å². The van der Waals surface area contributed by atoms with Crippen molar-refractivity contribution < 1.29 is 19.1 Å². The molecule has 4 rings (SSSR count). The molecule has 158 valence electrons. The normalized spacial score (nSPS) is 15.6. The molecule has 1 aliphatic rings. The first-order valence-electron chi connectivity index (χ1n) is 10.1. The first-order chi connectivity index (χ1) is 15.0. The van der Waals surface area contributed by atoms with Crippen LogP contribution in [-0.4, -0.2) is 36.5 Å². The molecule has 0 aromatic heterocycles. The molecule has 31 heavy (non-hydrogen) atoms. The molecule has 3 aromatic rings. The minimum absolute atomic E-state index is 0.166. The molecule has 1 aliphatic heterocycles. The molecule has 0 saturated carbocycles. The van der Waals surface area contributed by atoms with Gasteiger partial charge in [-0.25, -0.2) is 0 Å². The van der Waals surface area contributed by atoms with E-state index in [0.29, 0.717) is 22.7 Å². The maximum atomic E-state index is 13.0. The van der Waals surface area contributed by atoms with E-state index in [1.54, 1.807) is 30.1 Å². The van der Waals surface area contributed by atoms with Crippen LogP contribution < -0.4 is 14.8 Å². The molecule has 2 amide bonds. The first kappa shape index (κ1) is 20.5. The third-order valence-corrected chi connectivity index (χ3v) is 5.38. The van der Waals surface area contributed by atoms with Crippen molar-refractivity contribution in [1.82, 2.24) is 4.90 Å². The van der Waals surface area contributed by atoms with Crippen LogP contribution >= 0.6 is 0 Å². The van der Waals surface area contributed by atoms with Gasteiger partial charge in [0, 0.05) is 18.3 Å². The van der Waals surface area contributed by atoms with Gasteiger partial charge in [-0.15, -0.1) is 0 Å². The van der Waals surface area contributed by atoms with Crippen LogP contribution in [0.4, 0.5) is 5.69 Å². The summed E-state index contributed by atoms with van der Waals surface area (Å²) in [5, 5.41) is 2.91. The van der Waals surface area contributed by atoms with Crippen LogP contribution in [0.3, 0.4) is 0 Å². The van der Waals surface area contributed by atoms with Crippen LogP contribution in [0.2, 0.25) is 0 Å². The van der Waals surface area contributed by atoms with Crippen LogP contribution in [-0.2, 0) is 4.79 Å². The molecule has 3 aromatic carbocycles. The average molecular weight is 416 g/mol. The summed E-state index contributed by atoms with van der Waals surface area (Å²) in [4.78, 5) is 27.1. The van der Waals surface area contributed by atoms with Gasteiger partial charge >= 0.3 is 0 Å². The Morgan fingerprint density at radius 3 is 2.45 bits per heavy atom. The maximum Gasteiger partial charge on any atom is 0.267 e. The molecule has 6 nitrogen and oxygen atoms in total. The van der Waals surface area contributed by atoms with Crippen molar-refractivity contribution in [3.8, 4) is 11.5 Å². The van der Waals surface area contributed by atoms with Gasteiger partial charge in [0.1, 0.15) is 6.61 Å². The standard InChI is InChI=1S/C25H24N2O4/c1-17(27(2)25(29)23-16-30-21-13-6-7-14-22(21)31-23)19-11-8-12-20(15-19)26-24(28)18-9-4-3-5-10-18/h3-15,17,23H,16H2,1-2H3,(H,26,28)/t17-,23-/m1/s1. The molecule has 0 unspecified atom stereocenters. The lowest BCUT2D eigenvalue weighted by molar-refractivity contribution is -0.141. The molecule has 6 heteroatoms. The molecule has 1 heterocycles. The van der Waals surface area contributed by atoms with Gasteiger partial charge in [-0.2, -0.15) is 0 Å². The van der Waals surface area contributed by atoms with E-state index in [0.717, 1.165) is 5.56 Å². The smallest absolute Gasteiger partial charge is 0.267 e. The summed E-state index contributed by atoms with van der Waals surface area (Å²) >= 11 is 0. The largest absolute Gasteiger partial charge is 0.485 e. The second kappa shape index (κ2) is 8.92. The van der Waals surface area contributed by atoms with Gasteiger partial charge in [0.05, 0.1) is 6.04 Å². The Morgan fingerprint density at radius 2 is 1.68 bits per heavy atom. The van der Waals surface area contributed by atoms with E-state index in [-0.39, 0.29) is 24.5 Å². The highest BCUT2D eigenvalue weighted by atomic mass is 16.6. The van der Waals surface area contributed by atoms with Gasteiger partial charge < -0.3 is 19.7 Å². The second-order valence-electron chi connectivity index (χ2n) is 7.43. The lowest BCUT2D eigenvalue weighted by Crippen LogP contribution is -2.45. The number of anilines is 1. The Hall–Kier alpha value is -3.80. The highest BCUT2D eigenvalue weighted by molar-refractivity contribution is 6.04. The number of likely N-dealkylation sites (N-methyl/N-ethyl adjacent to an activating group) is 1. The summed E-state index contributed by atoms with van der Waals surface area (Å²) < 4.78 is 11.5. The van der Waals surface area contributed by atoms with E-state index >= 15 is 0 Å². The monoisotopic (exact) mass is 416 g/mol. The minimum Gasteiger partial charge on any atom is -0.485 e. The molecular formula is C25H24N2O4. The topological polar surface area (TPSA) is 67.9 Å². The van der Waals surface area contributed by atoms with Gasteiger partial charge in [0.15, 0.2) is 11.5 Å². The molecule has 0 fully saturated rings. The molecule has 0 radical (unpaired) electrons. The number of fused-ring (bicyclic) bond motifs is 1. The van der Waals surface area contributed by atoms with E-state index in [4.69, 9.17) is 9.47 Å². The van der Waals surface area contributed by atoms with Crippen LogP contribution in [0, 0.1) is 0 Å². The van der Waals surface area contributed by atoms with Crippen molar-refractivity contribution in [2.45, 2.75) is 19.1 Å². The van der Waals surface area contributed by atoms with Crippen molar-refractivity contribution in [2.24, 2.45) is 0 Å². The summed E-state index contributed by atoms with van der Waals surface area (Å²) in [6.07, 6.45) is -0.705. The SMILES string of the molecule is C[C@H](c1cccc(NC(=O)c2ccccc2)c1)N(C)C(=O)[C@H]1COc2ccccc2O1. The van der Waals surface area contributed by atoms with E-state index in [1.165, 1.54) is 0 Å². The van der Waals surface area contributed by atoms with Crippen LogP contribution in [0.5, 0.6) is 11.5 Å². The Morgan fingerprint density at radius 1 is 0.968 bits per heavy atom. The summed E-state index contributed by atoms with van der Waals surface area (Å²) in [6.45, 7) is 2.10. The van der Waals surface area contributed by atoms with Crippen LogP contribution in [0.15, 0.2) is 78.9 Å². The van der Waals surface area contributed by atoms with E-state index in [2.05, 4.69) is 5.32 Å². The van der Waals surface area contributed by atoms with Crippen molar-refractivity contribution in [2.75, 3.05) is 19.0 Å². The number of carbonyl (C=O) groups excluding carboxylic acids is 2. The number of carbonyl (C=O) groups is 2. The van der Waals surface area contributed by atoms with Gasteiger partial charge in [-0.1, -0.05) is 42.5 Å². The predicted octanol–water partition coefficient (Wildman–Crippen LogP) is 4.30. The fourth-order valence-corrected chi connectivity index (χ4v) is 3.45. The van der Waals surface area contributed by atoms with Crippen molar-refractivity contribution in [1.29, 1.82) is 0 Å². The number of nitrogens with zero attached hydrogens (tertiary/aromatic N) is 1. The third kappa shape index (κ3) is 4.53. The number of rotatable bonds is 5. The fourth-order valence-electron chi connectivity index (χ4n) is 3.45. The van der Waals surface area contributed by atoms with Gasteiger partial charge in [0.25, 0.3) is 11.8 Å². The fraction of sp³-hybridized carbons (Fsp3) is 0.200. The summed E-state index contributed by atoms with van der Waals surface area (Å²) in [6, 6.07) is 23.6. The van der Waals surface area contributed by atoms with Gasteiger partial charge in [-0.3, -0.25) is 9.59 Å². The van der Waals surface area contributed by atoms with Crippen molar-refractivity contribution >= 4 is 17.5 Å². The number of benzene rings is 3. The lowest BCUT2D eigenvalue weighted by Gasteiger charge is -2.32. The molecule has 0 spiro atoms. The highest BCUT2D eigenvalue weighted by Crippen LogP contribution is 2.32. The Balaban J connectivity index is 1.44. The quantitative estimate of drug-likeness (QED) is 0.673. The second-order valence-corrected chi connectivity index (χ2v) is 7.43. The third-order valence-electron chi connectivity index (χ3n) is 5.38. The highest BCUT2D eigenvalue weighted by Gasteiger charge is 2.31. The molecular weight excluding hydrogens is 392 g/mol. The Bertz CT molecular complexity index is 1080. The summed E-state index contributed by atoms with van der Waals surface area (Å²) in [5.41, 5.74) is 2.16. The number of para-hydroxylation sites is 2. The van der Waals surface area contributed by atoms with Crippen molar-refractivity contribution in [3.05, 3.63) is 90.0 Å². The minimum atomic E-state index is -0.705. The predicted molar refractivity (Wildman–Crippen MR) is 118 cm³/mol. The number of hydrogen-bond donors (Lipinski definition) is 1. The van der Waals surface area contributed by atoms with Gasteiger partial charge in [-0.05, 0) is 48.9 Å². The first-order valence-corrected chi connectivity index (χ1v) is 10.1. The lowest BCUT2D eigenvalue weighted by atomic mass is 10.1. The van der Waals surface area contributed by atoms with Crippen molar-refractivity contribution in [3.63, 3.8) is 0 Å². The van der Waals surface area contributed by atoms with E-state index in [1.807, 2.05) is 67.6 Å². The zero-order valence-corrected chi connectivity index (χ0v) is 17.4. The molecule has 0 aliphatic carbocycles. The maximum absolute atomic E-state index is 13.0. The van der Waals surface area contributed by atoms with E-state index in [9.17, 15) is 9.59 Å². The molecule has 2 atom stereocenters. The Labute approximate surface area is 181 Å². The number of hydrogen-bond acceptors (Lipinski definition) is 4. The molecule has 0 saturated heterocycles. The molecule has 1 N–H and O–H groups in total. The summed E-state index contributed by atoms with van der Waals surface area (Å²) in [7, 11) is 1.74. The average Bonchev–Trinajstić information content (AvgIpc) is 2.83. The number of amides is 2. The number of nitrogens with one attached hydrogen (secondary N) is 1.